The molecule has 1 saturated heterocycles. The van der Waals surface area contributed by atoms with Gasteiger partial charge in [0.25, 0.3) is 5.91 Å². The molecule has 0 spiro atoms. The van der Waals surface area contributed by atoms with Crippen LogP contribution in [0.15, 0.2) is 54.7 Å². The highest BCUT2D eigenvalue weighted by atomic mass is 16.7. The summed E-state index contributed by atoms with van der Waals surface area (Å²) in [4.78, 5) is 12.8. The molecule has 0 saturated carbocycles. The smallest absolute Gasteiger partial charge is 0.281 e. The van der Waals surface area contributed by atoms with Gasteiger partial charge in [-0.3, -0.25) is 10.0 Å². The molecule has 1 fully saturated rings. The average molecular weight is 622 g/mol. The highest BCUT2D eigenvalue weighted by molar-refractivity contribution is 5.94. The van der Waals surface area contributed by atoms with Crippen LogP contribution in [0.25, 0.3) is 0 Å². The van der Waals surface area contributed by atoms with Crippen molar-refractivity contribution in [3.8, 4) is 40.2 Å². The van der Waals surface area contributed by atoms with Crippen LogP contribution in [-0.4, -0.2) is 58.0 Å². The molecule has 0 aromatic heterocycles. The number of nitrogens with zero attached hydrogens (tertiary/aromatic N) is 1. The molecule has 0 radical (unpaired) electrons. The summed E-state index contributed by atoms with van der Waals surface area (Å²) in [5.41, 5.74) is 2.96. The standard InChI is InChI=1S/C34H39NO10/c1-6-14-42-32-21(8-7-13-35(37)34(36)22-9-10-27-28(16-22)44-20-43-27)15-23(17-29(32)38-2)25-11-12-26(45-25)24-18-30(39-3)33(41-5)31(19-24)40-4/h7,9-10,13,15-19,25-26,37H,6,8,11-12,14,20H2,1-5H3. The van der Waals surface area contributed by atoms with E-state index in [-0.39, 0.29) is 24.6 Å². The van der Waals surface area contributed by atoms with Crippen molar-refractivity contribution >= 4 is 5.91 Å². The number of carbonyl (C=O) groups excluding carboxylic acids is 1. The van der Waals surface area contributed by atoms with Gasteiger partial charge in [-0.25, -0.2) is 0 Å². The van der Waals surface area contributed by atoms with Gasteiger partial charge in [0.2, 0.25) is 12.5 Å². The molecule has 0 aliphatic carbocycles. The number of hydrogen-bond donors (Lipinski definition) is 1. The van der Waals surface area contributed by atoms with Crippen molar-refractivity contribution in [2.45, 2.75) is 44.8 Å². The molecule has 3 aromatic carbocycles. The van der Waals surface area contributed by atoms with Crippen molar-refractivity contribution < 1.29 is 47.9 Å². The molecular formula is C34H39NO10. The molecule has 5 rings (SSSR count). The average Bonchev–Trinajstić information content (AvgIpc) is 3.76. The molecule has 2 aliphatic rings. The SMILES string of the molecule is CCCOc1c(CC=CN(O)C(=O)c2ccc3c(c2)OCO3)cc(C2CCC(c3cc(OC)c(OC)c(OC)c3)O2)cc1OC. The van der Waals surface area contributed by atoms with E-state index < -0.39 is 5.91 Å². The second-order valence-corrected chi connectivity index (χ2v) is 10.5. The Morgan fingerprint density at radius 3 is 2.11 bits per heavy atom. The fourth-order valence-electron chi connectivity index (χ4n) is 5.46. The second kappa shape index (κ2) is 14.4. The molecule has 2 atom stereocenters. The number of hydrogen-bond acceptors (Lipinski definition) is 10. The zero-order valence-electron chi connectivity index (χ0n) is 26.2. The molecular weight excluding hydrogens is 582 g/mol. The fourth-order valence-corrected chi connectivity index (χ4v) is 5.46. The van der Waals surface area contributed by atoms with Crippen LogP contribution in [0.1, 0.15) is 65.4 Å². The first-order valence-electron chi connectivity index (χ1n) is 14.8. The third-order valence-corrected chi connectivity index (χ3v) is 7.69. The first-order valence-corrected chi connectivity index (χ1v) is 14.8. The minimum Gasteiger partial charge on any atom is -0.493 e. The molecule has 11 nitrogen and oxygen atoms in total. The van der Waals surface area contributed by atoms with Crippen LogP contribution < -0.4 is 33.2 Å². The van der Waals surface area contributed by atoms with Crippen molar-refractivity contribution in [1.29, 1.82) is 0 Å². The summed E-state index contributed by atoms with van der Waals surface area (Å²) in [6.07, 6.45) is 5.37. The normalized spacial score (nSPS) is 16.9. The Bertz CT molecular complexity index is 1510. The van der Waals surface area contributed by atoms with Crippen LogP contribution in [0.5, 0.6) is 40.2 Å². The maximum absolute atomic E-state index is 12.8. The van der Waals surface area contributed by atoms with Gasteiger partial charge in [-0.1, -0.05) is 13.0 Å². The number of methoxy groups -OCH3 is 4. The molecule has 1 N–H and O–H groups in total. The number of fused-ring (bicyclic) bond motifs is 1. The second-order valence-electron chi connectivity index (χ2n) is 10.5. The highest BCUT2D eigenvalue weighted by Crippen LogP contribution is 2.47. The Morgan fingerprint density at radius 1 is 0.867 bits per heavy atom. The van der Waals surface area contributed by atoms with E-state index in [0.29, 0.717) is 58.3 Å². The third-order valence-electron chi connectivity index (χ3n) is 7.69. The van der Waals surface area contributed by atoms with Crippen LogP contribution in [0, 0.1) is 0 Å². The van der Waals surface area contributed by atoms with Crippen molar-refractivity contribution in [2.24, 2.45) is 0 Å². The van der Waals surface area contributed by atoms with Gasteiger partial charge in [-0.15, -0.1) is 0 Å². The zero-order valence-corrected chi connectivity index (χ0v) is 26.2. The van der Waals surface area contributed by atoms with Gasteiger partial charge < -0.3 is 37.9 Å². The summed E-state index contributed by atoms with van der Waals surface area (Å²) in [7, 11) is 6.36. The van der Waals surface area contributed by atoms with Gasteiger partial charge in [-0.2, -0.15) is 5.06 Å². The monoisotopic (exact) mass is 621 g/mol. The summed E-state index contributed by atoms with van der Waals surface area (Å²) in [5.74, 6) is 3.28. The molecule has 0 bridgehead atoms. The molecule has 2 aliphatic heterocycles. The van der Waals surface area contributed by atoms with Crippen LogP contribution >= 0.6 is 0 Å². The van der Waals surface area contributed by atoms with Crippen molar-refractivity contribution in [1.82, 2.24) is 5.06 Å². The molecule has 1 amide bonds. The van der Waals surface area contributed by atoms with Crippen LogP contribution in [-0.2, 0) is 11.2 Å². The molecule has 2 unspecified atom stereocenters. The topological polar surface area (TPSA) is 114 Å². The van der Waals surface area contributed by atoms with Gasteiger partial charge in [0.15, 0.2) is 34.5 Å². The lowest BCUT2D eigenvalue weighted by atomic mass is 9.99. The van der Waals surface area contributed by atoms with Crippen molar-refractivity contribution in [3.05, 3.63) is 77.0 Å². The predicted molar refractivity (Wildman–Crippen MR) is 164 cm³/mol. The van der Waals surface area contributed by atoms with E-state index in [1.54, 1.807) is 52.7 Å². The fraction of sp³-hybridized carbons (Fsp3) is 0.382. The lowest BCUT2D eigenvalue weighted by molar-refractivity contribution is -0.0204. The maximum Gasteiger partial charge on any atom is 0.281 e. The van der Waals surface area contributed by atoms with E-state index in [1.807, 2.05) is 31.2 Å². The number of amides is 1. The number of hydroxylamine groups is 2. The molecule has 3 aromatic rings. The maximum atomic E-state index is 12.8. The number of benzene rings is 3. The zero-order chi connectivity index (χ0) is 31.9. The van der Waals surface area contributed by atoms with E-state index in [2.05, 4.69) is 0 Å². The van der Waals surface area contributed by atoms with E-state index in [4.69, 9.17) is 37.9 Å². The lowest BCUT2D eigenvalue weighted by Gasteiger charge is -2.20. The quantitative estimate of drug-likeness (QED) is 0.169. The Morgan fingerprint density at radius 2 is 1.49 bits per heavy atom. The summed E-state index contributed by atoms with van der Waals surface area (Å²) >= 11 is 0. The van der Waals surface area contributed by atoms with Crippen LogP contribution in [0.4, 0.5) is 0 Å². The molecule has 240 valence electrons. The minimum atomic E-state index is -0.601. The number of rotatable bonds is 13. The molecule has 2 heterocycles. The Kier molecular flexibility index (Phi) is 10.2. The van der Waals surface area contributed by atoms with Crippen LogP contribution in [0.3, 0.4) is 0 Å². The lowest BCUT2D eigenvalue weighted by Crippen LogP contribution is -2.21. The summed E-state index contributed by atoms with van der Waals surface area (Å²) < 4.78 is 45.6. The van der Waals surface area contributed by atoms with E-state index in [1.165, 1.54) is 6.20 Å². The van der Waals surface area contributed by atoms with Crippen LogP contribution in [0.2, 0.25) is 0 Å². The van der Waals surface area contributed by atoms with E-state index in [9.17, 15) is 10.0 Å². The first kappa shape index (κ1) is 31.8. The Labute approximate surface area is 262 Å². The molecule has 11 heteroatoms. The Hall–Kier alpha value is -4.61. The van der Waals surface area contributed by atoms with E-state index in [0.717, 1.165) is 36.0 Å². The van der Waals surface area contributed by atoms with Crippen molar-refractivity contribution in [3.63, 3.8) is 0 Å². The largest absolute Gasteiger partial charge is 0.493 e. The predicted octanol–water partition coefficient (Wildman–Crippen LogP) is 6.42. The van der Waals surface area contributed by atoms with Crippen molar-refractivity contribution in [2.75, 3.05) is 41.8 Å². The third kappa shape index (κ3) is 6.89. The van der Waals surface area contributed by atoms with Gasteiger partial charge in [0, 0.05) is 17.3 Å². The molecule has 45 heavy (non-hydrogen) atoms. The Balaban J connectivity index is 1.35. The van der Waals surface area contributed by atoms with Gasteiger partial charge >= 0.3 is 0 Å². The summed E-state index contributed by atoms with van der Waals surface area (Å²) in [5, 5.41) is 11.1. The first-order chi connectivity index (χ1) is 21.9. The van der Waals surface area contributed by atoms with Gasteiger partial charge in [0.1, 0.15) is 0 Å². The highest BCUT2D eigenvalue weighted by Gasteiger charge is 2.31. The van der Waals surface area contributed by atoms with Gasteiger partial charge in [0.05, 0.1) is 47.3 Å². The summed E-state index contributed by atoms with van der Waals surface area (Å²) in [6, 6.07) is 12.6. The summed E-state index contributed by atoms with van der Waals surface area (Å²) in [6.45, 7) is 2.63. The number of ether oxygens (including phenoxy) is 8. The van der Waals surface area contributed by atoms with Gasteiger partial charge in [-0.05, 0) is 79.3 Å². The number of carbonyl (C=O) groups is 1. The minimum absolute atomic E-state index is 0.0954. The number of allylic oxidation sites excluding steroid dienone is 1. The van der Waals surface area contributed by atoms with E-state index >= 15 is 0 Å².